The van der Waals surface area contributed by atoms with Crippen molar-refractivity contribution in [3.05, 3.63) is 59.1 Å². The fourth-order valence-corrected chi connectivity index (χ4v) is 4.64. The Balaban J connectivity index is 1.56. The predicted molar refractivity (Wildman–Crippen MR) is 120 cm³/mol. The van der Waals surface area contributed by atoms with Gasteiger partial charge in [-0.1, -0.05) is 18.5 Å². The van der Waals surface area contributed by atoms with E-state index in [1.165, 1.54) is 37.1 Å². The van der Waals surface area contributed by atoms with Gasteiger partial charge in [-0.2, -0.15) is 0 Å². The predicted octanol–water partition coefficient (Wildman–Crippen LogP) is 3.99. The lowest BCUT2D eigenvalue weighted by Gasteiger charge is -2.35. The van der Waals surface area contributed by atoms with Gasteiger partial charge >= 0.3 is 0 Å². The number of carbonyl (C=O) groups excluding carboxylic acids is 1. The van der Waals surface area contributed by atoms with Crippen LogP contribution in [0, 0.1) is 5.92 Å². The van der Waals surface area contributed by atoms with Crippen LogP contribution in [0.4, 0.5) is 5.69 Å². The quantitative estimate of drug-likeness (QED) is 0.669. The summed E-state index contributed by atoms with van der Waals surface area (Å²) in [6.45, 7) is 7.08. The number of piperidine rings is 1. The molecule has 8 heteroatoms. The molecule has 2 N–H and O–H groups in total. The number of hydrogen-bond donors (Lipinski definition) is 2. The highest BCUT2D eigenvalue weighted by atomic mass is 35.5. The summed E-state index contributed by atoms with van der Waals surface area (Å²) in [7, 11) is -3.74. The zero-order valence-corrected chi connectivity index (χ0v) is 18.8. The molecule has 3 rings (SSSR count). The highest BCUT2D eigenvalue weighted by molar-refractivity contribution is 7.92. The summed E-state index contributed by atoms with van der Waals surface area (Å²) >= 11 is 5.82. The van der Waals surface area contributed by atoms with E-state index in [1.54, 1.807) is 24.3 Å². The Bertz CT molecular complexity index is 954. The zero-order chi connectivity index (χ0) is 21.7. The first kappa shape index (κ1) is 22.6. The van der Waals surface area contributed by atoms with Gasteiger partial charge in [-0.15, -0.1) is 0 Å². The van der Waals surface area contributed by atoms with Gasteiger partial charge in [0, 0.05) is 28.9 Å². The van der Waals surface area contributed by atoms with E-state index in [2.05, 4.69) is 28.8 Å². The van der Waals surface area contributed by atoms with Crippen molar-refractivity contribution in [3.63, 3.8) is 0 Å². The van der Waals surface area contributed by atoms with Crippen LogP contribution in [0.15, 0.2) is 53.4 Å². The van der Waals surface area contributed by atoms with E-state index in [-0.39, 0.29) is 16.8 Å². The van der Waals surface area contributed by atoms with Crippen LogP contribution in [0.5, 0.6) is 0 Å². The highest BCUT2D eigenvalue weighted by Gasteiger charge is 2.21. The molecule has 1 fully saturated rings. The monoisotopic (exact) mass is 449 g/mol. The van der Waals surface area contributed by atoms with Crippen molar-refractivity contribution in [3.8, 4) is 0 Å². The fourth-order valence-electron chi connectivity index (χ4n) is 3.46. The second-order valence-electron chi connectivity index (χ2n) is 7.91. The second kappa shape index (κ2) is 9.81. The van der Waals surface area contributed by atoms with Gasteiger partial charge < -0.3 is 5.32 Å². The van der Waals surface area contributed by atoms with Crippen molar-refractivity contribution in [2.45, 2.75) is 37.6 Å². The smallest absolute Gasteiger partial charge is 0.261 e. The number of likely N-dealkylation sites (tertiary alicyclic amines) is 1. The Morgan fingerprint density at radius 1 is 1.10 bits per heavy atom. The number of nitrogens with one attached hydrogen (secondary N) is 2. The largest absolute Gasteiger partial charge is 0.350 e. The Morgan fingerprint density at radius 3 is 2.30 bits per heavy atom. The van der Waals surface area contributed by atoms with Crippen LogP contribution >= 0.6 is 11.6 Å². The summed E-state index contributed by atoms with van der Waals surface area (Å²) in [6.07, 6.45) is 2.39. The lowest BCUT2D eigenvalue weighted by Crippen LogP contribution is -2.45. The Morgan fingerprint density at radius 2 is 1.70 bits per heavy atom. The molecule has 0 spiro atoms. The molecule has 0 saturated carbocycles. The van der Waals surface area contributed by atoms with E-state index in [9.17, 15) is 13.2 Å². The van der Waals surface area contributed by atoms with Gasteiger partial charge in [0.2, 0.25) is 0 Å². The van der Waals surface area contributed by atoms with Gasteiger partial charge in [-0.25, -0.2) is 8.42 Å². The van der Waals surface area contributed by atoms with Crippen LogP contribution in [0.25, 0.3) is 0 Å². The van der Waals surface area contributed by atoms with E-state index in [0.29, 0.717) is 22.8 Å². The van der Waals surface area contributed by atoms with Crippen molar-refractivity contribution >= 4 is 33.2 Å². The molecule has 0 aromatic heterocycles. The third-order valence-corrected chi connectivity index (χ3v) is 7.17. The Hall–Kier alpha value is -2.09. The fraction of sp³-hybridized carbons (Fsp3) is 0.409. The van der Waals surface area contributed by atoms with Crippen LogP contribution in [-0.2, 0) is 10.0 Å². The molecule has 1 saturated heterocycles. The van der Waals surface area contributed by atoms with Crippen LogP contribution in [0.2, 0.25) is 5.02 Å². The van der Waals surface area contributed by atoms with Crippen LogP contribution in [0.3, 0.4) is 0 Å². The number of anilines is 1. The molecular formula is C22H28ClN3O3S. The average molecular weight is 450 g/mol. The molecule has 1 aliphatic heterocycles. The van der Waals surface area contributed by atoms with Gasteiger partial charge in [0.05, 0.1) is 4.90 Å². The molecule has 0 aliphatic carbocycles. The van der Waals surface area contributed by atoms with E-state index in [0.717, 1.165) is 19.0 Å². The molecule has 1 heterocycles. The van der Waals surface area contributed by atoms with Crippen LogP contribution in [0.1, 0.15) is 37.0 Å². The topological polar surface area (TPSA) is 78.5 Å². The molecule has 0 radical (unpaired) electrons. The number of halogens is 1. The first-order valence-corrected chi connectivity index (χ1v) is 12.0. The number of rotatable bonds is 7. The maximum atomic E-state index is 12.5. The molecule has 162 valence electrons. The number of nitrogens with zero attached hydrogens (tertiary/aromatic N) is 1. The van der Waals surface area contributed by atoms with Crippen LogP contribution in [-0.4, -0.2) is 44.9 Å². The third kappa shape index (κ3) is 5.97. The molecule has 2 aromatic rings. The normalized spacial score (nSPS) is 16.8. The number of sulfonamides is 1. The molecule has 1 unspecified atom stereocenters. The summed E-state index contributed by atoms with van der Waals surface area (Å²) in [4.78, 5) is 14.9. The third-order valence-electron chi connectivity index (χ3n) is 5.52. The summed E-state index contributed by atoms with van der Waals surface area (Å²) in [6, 6.07) is 12.6. The summed E-state index contributed by atoms with van der Waals surface area (Å²) < 4.78 is 27.6. The molecule has 6 nitrogen and oxygen atoms in total. The lowest BCUT2D eigenvalue weighted by atomic mass is 9.98. The molecule has 1 amide bonds. The molecule has 2 aromatic carbocycles. The van der Waals surface area contributed by atoms with Gasteiger partial charge in [-0.05, 0) is 87.3 Å². The maximum Gasteiger partial charge on any atom is 0.261 e. The van der Waals surface area contributed by atoms with Crippen molar-refractivity contribution in [1.82, 2.24) is 10.2 Å². The average Bonchev–Trinajstić information content (AvgIpc) is 2.74. The molecule has 1 aliphatic rings. The number of amides is 1. The minimum absolute atomic E-state index is 0.0878. The van der Waals surface area contributed by atoms with Crippen LogP contribution < -0.4 is 10.0 Å². The van der Waals surface area contributed by atoms with Crippen molar-refractivity contribution in [2.75, 3.05) is 24.4 Å². The molecule has 30 heavy (non-hydrogen) atoms. The van der Waals surface area contributed by atoms with E-state index in [1.807, 2.05) is 0 Å². The minimum Gasteiger partial charge on any atom is -0.350 e. The first-order valence-electron chi connectivity index (χ1n) is 10.2. The highest BCUT2D eigenvalue weighted by Crippen LogP contribution is 2.19. The summed E-state index contributed by atoms with van der Waals surface area (Å²) in [5.74, 6) is 0.564. The molecular weight excluding hydrogens is 422 g/mol. The van der Waals surface area contributed by atoms with E-state index in [4.69, 9.17) is 11.6 Å². The van der Waals surface area contributed by atoms with E-state index >= 15 is 0 Å². The molecule has 0 bridgehead atoms. The van der Waals surface area contributed by atoms with Crippen molar-refractivity contribution in [1.29, 1.82) is 0 Å². The Kier molecular flexibility index (Phi) is 7.39. The first-order chi connectivity index (χ1) is 14.2. The number of carbonyl (C=O) groups is 1. The summed E-state index contributed by atoms with van der Waals surface area (Å²) in [5.41, 5.74) is 0.849. The zero-order valence-electron chi connectivity index (χ0n) is 17.3. The minimum atomic E-state index is -3.74. The second-order valence-corrected chi connectivity index (χ2v) is 10.0. The van der Waals surface area contributed by atoms with Gasteiger partial charge in [0.15, 0.2) is 0 Å². The summed E-state index contributed by atoms with van der Waals surface area (Å²) in [5, 5.41) is 3.48. The SMILES string of the molecule is CC1CCN(C(C)CNC(=O)c2ccc(S(=O)(=O)Nc3ccc(Cl)cc3)cc2)CC1. The van der Waals surface area contributed by atoms with Gasteiger partial charge in [0.25, 0.3) is 15.9 Å². The van der Waals surface area contributed by atoms with Gasteiger partial charge in [-0.3, -0.25) is 14.4 Å². The lowest BCUT2D eigenvalue weighted by molar-refractivity contribution is 0.0921. The van der Waals surface area contributed by atoms with Gasteiger partial charge in [0.1, 0.15) is 0 Å². The standard InChI is InChI=1S/C22H28ClN3O3S/c1-16-11-13-26(14-12-16)17(2)15-24-22(27)18-3-9-21(10-4-18)30(28,29)25-20-7-5-19(23)6-8-20/h3-10,16-17,25H,11-15H2,1-2H3,(H,24,27). The van der Waals surface area contributed by atoms with Crippen molar-refractivity contribution in [2.24, 2.45) is 5.92 Å². The Labute approximate surface area is 183 Å². The molecule has 1 atom stereocenters. The van der Waals surface area contributed by atoms with E-state index < -0.39 is 10.0 Å². The maximum absolute atomic E-state index is 12.5. The van der Waals surface area contributed by atoms with Crippen molar-refractivity contribution < 1.29 is 13.2 Å². The number of hydrogen-bond acceptors (Lipinski definition) is 4. The number of benzene rings is 2.